The Hall–Kier alpha value is -3.10. The first-order valence-corrected chi connectivity index (χ1v) is 12.6. The van der Waals surface area contributed by atoms with Crippen LogP contribution in [0.4, 0.5) is 0 Å². The molecule has 1 fully saturated rings. The van der Waals surface area contributed by atoms with Crippen molar-refractivity contribution < 1.29 is 0 Å². The number of benzene rings is 1. The van der Waals surface area contributed by atoms with Crippen LogP contribution in [-0.4, -0.2) is 59.3 Å². The molecule has 0 radical (unpaired) electrons. The molecule has 3 aromatic heterocycles. The van der Waals surface area contributed by atoms with Crippen LogP contribution in [0, 0.1) is 13.8 Å². The van der Waals surface area contributed by atoms with E-state index in [0.717, 1.165) is 73.9 Å². The molecule has 8 nitrogen and oxygen atoms in total. The van der Waals surface area contributed by atoms with E-state index >= 15 is 0 Å². The SMILES string of the molecule is CCc1nn2c(C)cc(C)nc2c1Cc1ccc(C=CCN2CCC(c3nnnn3C)CC2)cc1.Cl. The van der Waals surface area contributed by atoms with Gasteiger partial charge in [0.2, 0.25) is 0 Å². The second-order valence-corrected chi connectivity index (χ2v) is 9.61. The van der Waals surface area contributed by atoms with Gasteiger partial charge in [0, 0.05) is 42.9 Å². The number of tetrazole rings is 1. The van der Waals surface area contributed by atoms with Gasteiger partial charge in [0.15, 0.2) is 11.5 Å². The molecule has 0 aliphatic carbocycles. The highest BCUT2D eigenvalue weighted by Crippen LogP contribution is 2.26. The fourth-order valence-corrected chi connectivity index (χ4v) is 5.12. The van der Waals surface area contributed by atoms with E-state index in [1.807, 2.05) is 18.5 Å². The first-order valence-electron chi connectivity index (χ1n) is 12.6. The molecule has 0 saturated carbocycles. The number of likely N-dealkylation sites (tertiary alicyclic amines) is 1. The van der Waals surface area contributed by atoms with Gasteiger partial charge in [-0.25, -0.2) is 14.2 Å². The average molecular weight is 507 g/mol. The van der Waals surface area contributed by atoms with Gasteiger partial charge in [-0.05, 0) is 73.8 Å². The monoisotopic (exact) mass is 506 g/mol. The quantitative estimate of drug-likeness (QED) is 0.371. The van der Waals surface area contributed by atoms with Gasteiger partial charge in [0.1, 0.15) is 0 Å². The van der Waals surface area contributed by atoms with Crippen LogP contribution in [0.5, 0.6) is 0 Å². The van der Waals surface area contributed by atoms with Crippen LogP contribution >= 0.6 is 12.4 Å². The Bertz CT molecular complexity index is 1330. The minimum atomic E-state index is 0. The molecule has 0 N–H and O–H groups in total. The van der Waals surface area contributed by atoms with E-state index in [1.165, 1.54) is 16.7 Å². The Morgan fingerprint density at radius 2 is 1.83 bits per heavy atom. The van der Waals surface area contributed by atoms with E-state index in [9.17, 15) is 0 Å². The lowest BCUT2D eigenvalue weighted by atomic mass is 9.96. The van der Waals surface area contributed by atoms with Gasteiger partial charge in [0.25, 0.3) is 0 Å². The van der Waals surface area contributed by atoms with Crippen molar-refractivity contribution >= 4 is 24.1 Å². The first kappa shape index (κ1) is 26.0. The van der Waals surface area contributed by atoms with E-state index in [0.29, 0.717) is 5.92 Å². The normalized spacial score (nSPS) is 15.1. The number of aromatic nitrogens is 7. The largest absolute Gasteiger partial charge is 0.300 e. The van der Waals surface area contributed by atoms with Gasteiger partial charge >= 0.3 is 0 Å². The lowest BCUT2D eigenvalue weighted by Crippen LogP contribution is -2.33. The molecule has 0 amide bonds. The van der Waals surface area contributed by atoms with Crippen LogP contribution in [0.15, 0.2) is 36.4 Å². The second-order valence-electron chi connectivity index (χ2n) is 9.61. The van der Waals surface area contributed by atoms with Gasteiger partial charge in [0.05, 0.1) is 5.69 Å². The highest BCUT2D eigenvalue weighted by Gasteiger charge is 2.23. The maximum atomic E-state index is 4.82. The molecule has 4 heterocycles. The molecular weight excluding hydrogens is 472 g/mol. The zero-order valence-corrected chi connectivity index (χ0v) is 22.4. The molecular formula is C27H35ClN8. The smallest absolute Gasteiger partial charge is 0.159 e. The molecule has 9 heteroatoms. The minimum Gasteiger partial charge on any atom is -0.300 e. The molecule has 0 atom stereocenters. The van der Waals surface area contributed by atoms with Crippen molar-refractivity contribution in [1.29, 1.82) is 0 Å². The topological polar surface area (TPSA) is 77.0 Å². The summed E-state index contributed by atoms with van der Waals surface area (Å²) in [7, 11) is 1.93. The van der Waals surface area contributed by atoms with Crippen molar-refractivity contribution in [1.82, 2.24) is 39.7 Å². The van der Waals surface area contributed by atoms with E-state index in [-0.39, 0.29) is 12.4 Å². The van der Waals surface area contributed by atoms with Gasteiger partial charge < -0.3 is 0 Å². The summed E-state index contributed by atoms with van der Waals surface area (Å²) in [6.45, 7) is 9.43. The maximum Gasteiger partial charge on any atom is 0.159 e. The molecule has 190 valence electrons. The summed E-state index contributed by atoms with van der Waals surface area (Å²) in [5.41, 5.74) is 8.04. The molecule has 0 bridgehead atoms. The maximum absolute atomic E-state index is 4.82. The minimum absolute atomic E-state index is 0. The highest BCUT2D eigenvalue weighted by atomic mass is 35.5. The molecule has 5 rings (SSSR count). The fourth-order valence-electron chi connectivity index (χ4n) is 5.12. The first-order chi connectivity index (χ1) is 17.0. The van der Waals surface area contributed by atoms with Crippen molar-refractivity contribution in [3.05, 3.63) is 76.0 Å². The highest BCUT2D eigenvalue weighted by molar-refractivity contribution is 5.85. The van der Waals surface area contributed by atoms with Crippen LogP contribution < -0.4 is 0 Å². The third kappa shape index (κ3) is 5.50. The van der Waals surface area contributed by atoms with E-state index in [1.54, 1.807) is 4.68 Å². The molecule has 0 spiro atoms. The van der Waals surface area contributed by atoms with Crippen LogP contribution in [0.3, 0.4) is 0 Å². The Labute approximate surface area is 218 Å². The predicted molar refractivity (Wildman–Crippen MR) is 145 cm³/mol. The zero-order chi connectivity index (χ0) is 24.4. The summed E-state index contributed by atoms with van der Waals surface area (Å²) in [6.07, 6.45) is 8.47. The van der Waals surface area contributed by atoms with Crippen molar-refractivity contribution in [3.63, 3.8) is 0 Å². The zero-order valence-electron chi connectivity index (χ0n) is 21.6. The molecule has 1 saturated heterocycles. The van der Waals surface area contributed by atoms with E-state index in [4.69, 9.17) is 10.1 Å². The Balaban J connectivity index is 0.00000304. The predicted octanol–water partition coefficient (Wildman–Crippen LogP) is 4.34. The summed E-state index contributed by atoms with van der Waals surface area (Å²) >= 11 is 0. The number of hydrogen-bond donors (Lipinski definition) is 0. The number of halogens is 1. The third-order valence-corrected chi connectivity index (χ3v) is 7.05. The van der Waals surface area contributed by atoms with Crippen molar-refractivity contribution in [2.45, 2.75) is 52.4 Å². The van der Waals surface area contributed by atoms with Crippen LogP contribution in [0.2, 0.25) is 0 Å². The van der Waals surface area contributed by atoms with Crippen LogP contribution in [0.1, 0.15) is 65.3 Å². The average Bonchev–Trinajstić information content (AvgIpc) is 3.44. The molecule has 1 aliphatic heterocycles. The molecule has 1 aromatic carbocycles. The van der Waals surface area contributed by atoms with E-state index in [2.05, 4.69) is 76.8 Å². The van der Waals surface area contributed by atoms with Crippen molar-refractivity contribution in [2.75, 3.05) is 19.6 Å². The molecule has 4 aromatic rings. The fraction of sp³-hybridized carbons (Fsp3) is 0.444. The van der Waals surface area contributed by atoms with Crippen LogP contribution in [0.25, 0.3) is 11.7 Å². The molecule has 0 unspecified atom stereocenters. The summed E-state index contributed by atoms with van der Waals surface area (Å²) in [5.74, 6) is 1.48. The number of rotatable bonds is 7. The number of nitrogens with zero attached hydrogens (tertiary/aromatic N) is 8. The van der Waals surface area contributed by atoms with E-state index < -0.39 is 0 Å². The standard InChI is InChI=1S/C27H34N8.ClH/c1-5-25-24(27-28-19(2)17-20(3)35(27)30-25)18-22-10-8-21(9-11-22)7-6-14-34-15-12-23(13-16-34)26-29-31-32-33(26)4;/h6-11,17,23H,5,12-16,18H2,1-4H3;1H. The van der Waals surface area contributed by atoms with Gasteiger partial charge in [-0.3, -0.25) is 4.90 Å². The van der Waals surface area contributed by atoms with Gasteiger partial charge in [-0.2, -0.15) is 5.10 Å². The van der Waals surface area contributed by atoms with Crippen molar-refractivity contribution in [3.8, 4) is 0 Å². The Kier molecular flexibility index (Phi) is 8.16. The second kappa shape index (κ2) is 11.3. The lowest BCUT2D eigenvalue weighted by Gasteiger charge is -2.30. The number of hydrogen-bond acceptors (Lipinski definition) is 6. The molecule has 1 aliphatic rings. The Morgan fingerprint density at radius 1 is 1.08 bits per heavy atom. The van der Waals surface area contributed by atoms with Crippen LogP contribution in [-0.2, 0) is 19.9 Å². The third-order valence-electron chi connectivity index (χ3n) is 7.05. The number of piperidine rings is 1. The number of fused-ring (bicyclic) bond motifs is 1. The summed E-state index contributed by atoms with van der Waals surface area (Å²) < 4.78 is 3.80. The summed E-state index contributed by atoms with van der Waals surface area (Å²) in [6, 6.07) is 11.0. The number of aryl methyl sites for hydroxylation is 4. The molecule has 36 heavy (non-hydrogen) atoms. The summed E-state index contributed by atoms with van der Waals surface area (Å²) in [5, 5.41) is 16.8. The van der Waals surface area contributed by atoms with Gasteiger partial charge in [-0.1, -0.05) is 43.3 Å². The summed E-state index contributed by atoms with van der Waals surface area (Å²) in [4.78, 5) is 7.30. The van der Waals surface area contributed by atoms with Crippen molar-refractivity contribution in [2.24, 2.45) is 7.05 Å². The lowest BCUT2D eigenvalue weighted by molar-refractivity contribution is 0.227. The van der Waals surface area contributed by atoms with Gasteiger partial charge in [-0.15, -0.1) is 17.5 Å². The Morgan fingerprint density at radius 3 is 2.50 bits per heavy atom.